The minimum atomic E-state index is -0.205. The number of benzene rings is 1. The van der Waals surface area contributed by atoms with Crippen molar-refractivity contribution < 1.29 is 9.13 Å². The van der Waals surface area contributed by atoms with E-state index >= 15 is 0 Å². The molecule has 1 aromatic carbocycles. The molecule has 0 aromatic heterocycles. The molecular formula is C14H17FO. The van der Waals surface area contributed by atoms with Gasteiger partial charge in [0.15, 0.2) is 0 Å². The molecule has 0 unspecified atom stereocenters. The van der Waals surface area contributed by atoms with Gasteiger partial charge in [0.1, 0.15) is 11.6 Å². The lowest BCUT2D eigenvalue weighted by molar-refractivity contribution is 0.361. The van der Waals surface area contributed by atoms with Crippen molar-refractivity contribution in [2.75, 3.05) is 7.11 Å². The second-order valence-corrected chi connectivity index (χ2v) is 4.21. The lowest BCUT2D eigenvalue weighted by Gasteiger charge is -2.18. The van der Waals surface area contributed by atoms with Gasteiger partial charge in [-0.2, -0.15) is 0 Å². The molecular weight excluding hydrogens is 203 g/mol. The van der Waals surface area contributed by atoms with E-state index in [0.717, 1.165) is 24.2 Å². The van der Waals surface area contributed by atoms with Crippen LogP contribution < -0.4 is 0 Å². The molecule has 0 aliphatic heterocycles. The summed E-state index contributed by atoms with van der Waals surface area (Å²) < 4.78 is 18.6. The summed E-state index contributed by atoms with van der Waals surface area (Å²) in [7, 11) is 1.67. The normalized spacial score (nSPS) is 16.0. The zero-order chi connectivity index (χ0) is 11.4. The summed E-state index contributed by atoms with van der Waals surface area (Å²) in [4.78, 5) is 0. The van der Waals surface area contributed by atoms with Crippen LogP contribution in [0, 0.1) is 5.82 Å². The highest BCUT2D eigenvalue weighted by atomic mass is 19.1. The SMILES string of the molecule is COC(=C1CCCCC1)c1cccc(F)c1. The minimum absolute atomic E-state index is 0.205. The maximum atomic E-state index is 13.2. The average molecular weight is 220 g/mol. The number of ether oxygens (including phenoxy) is 1. The van der Waals surface area contributed by atoms with E-state index in [-0.39, 0.29) is 5.82 Å². The van der Waals surface area contributed by atoms with Crippen LogP contribution in [0.3, 0.4) is 0 Å². The van der Waals surface area contributed by atoms with Crippen molar-refractivity contribution in [3.63, 3.8) is 0 Å². The molecule has 0 bridgehead atoms. The van der Waals surface area contributed by atoms with Gasteiger partial charge in [0, 0.05) is 5.56 Å². The third kappa shape index (κ3) is 2.43. The Morgan fingerprint density at radius 1 is 1.19 bits per heavy atom. The van der Waals surface area contributed by atoms with Crippen LogP contribution in [0.2, 0.25) is 0 Å². The van der Waals surface area contributed by atoms with Crippen molar-refractivity contribution in [2.45, 2.75) is 32.1 Å². The maximum Gasteiger partial charge on any atom is 0.125 e. The Hall–Kier alpha value is -1.31. The molecule has 0 spiro atoms. The first-order valence-electron chi connectivity index (χ1n) is 5.83. The van der Waals surface area contributed by atoms with Gasteiger partial charge in [0.05, 0.1) is 7.11 Å². The van der Waals surface area contributed by atoms with Crippen LogP contribution in [-0.2, 0) is 4.74 Å². The average Bonchev–Trinajstić information content (AvgIpc) is 2.31. The summed E-state index contributed by atoms with van der Waals surface area (Å²) in [6.45, 7) is 0. The molecule has 1 aliphatic rings. The molecule has 1 fully saturated rings. The highest BCUT2D eigenvalue weighted by molar-refractivity contribution is 5.63. The summed E-state index contributed by atoms with van der Waals surface area (Å²) in [6.07, 6.45) is 5.90. The fraction of sp³-hybridized carbons (Fsp3) is 0.429. The summed E-state index contributed by atoms with van der Waals surface area (Å²) >= 11 is 0. The van der Waals surface area contributed by atoms with Crippen molar-refractivity contribution in [3.05, 3.63) is 41.2 Å². The van der Waals surface area contributed by atoms with Crippen LogP contribution >= 0.6 is 0 Å². The number of hydrogen-bond donors (Lipinski definition) is 0. The molecule has 0 N–H and O–H groups in total. The van der Waals surface area contributed by atoms with E-state index in [1.165, 1.54) is 30.9 Å². The van der Waals surface area contributed by atoms with Crippen LogP contribution in [0.1, 0.15) is 37.7 Å². The lowest BCUT2D eigenvalue weighted by Crippen LogP contribution is -2.00. The summed E-state index contributed by atoms with van der Waals surface area (Å²) in [6, 6.07) is 6.64. The van der Waals surface area contributed by atoms with Crippen LogP contribution in [0.4, 0.5) is 4.39 Å². The van der Waals surface area contributed by atoms with Gasteiger partial charge in [-0.3, -0.25) is 0 Å². The minimum Gasteiger partial charge on any atom is -0.496 e. The summed E-state index contributed by atoms with van der Waals surface area (Å²) in [5.74, 6) is 0.669. The van der Waals surface area contributed by atoms with Crippen molar-refractivity contribution in [1.82, 2.24) is 0 Å². The molecule has 1 saturated carbocycles. The Labute approximate surface area is 95.9 Å². The third-order valence-electron chi connectivity index (χ3n) is 3.07. The van der Waals surface area contributed by atoms with E-state index in [4.69, 9.17) is 4.74 Å². The number of hydrogen-bond acceptors (Lipinski definition) is 1. The first-order valence-corrected chi connectivity index (χ1v) is 5.83. The zero-order valence-corrected chi connectivity index (χ0v) is 9.63. The van der Waals surface area contributed by atoms with Gasteiger partial charge in [0.25, 0.3) is 0 Å². The Balaban J connectivity index is 2.34. The topological polar surface area (TPSA) is 9.23 Å². The highest BCUT2D eigenvalue weighted by Crippen LogP contribution is 2.31. The van der Waals surface area contributed by atoms with E-state index in [9.17, 15) is 4.39 Å². The van der Waals surface area contributed by atoms with Gasteiger partial charge < -0.3 is 4.74 Å². The molecule has 1 aromatic rings. The first kappa shape index (κ1) is 11.2. The van der Waals surface area contributed by atoms with Crippen LogP contribution in [-0.4, -0.2) is 7.11 Å². The predicted molar refractivity (Wildman–Crippen MR) is 63.4 cm³/mol. The number of halogens is 1. The molecule has 0 heterocycles. The lowest BCUT2D eigenvalue weighted by atomic mass is 9.92. The van der Waals surface area contributed by atoms with Gasteiger partial charge in [-0.15, -0.1) is 0 Å². The Kier molecular flexibility index (Phi) is 3.60. The van der Waals surface area contributed by atoms with Gasteiger partial charge in [-0.25, -0.2) is 4.39 Å². The van der Waals surface area contributed by atoms with Gasteiger partial charge in [0.2, 0.25) is 0 Å². The highest BCUT2D eigenvalue weighted by Gasteiger charge is 2.13. The largest absolute Gasteiger partial charge is 0.496 e. The molecule has 2 heteroatoms. The number of methoxy groups -OCH3 is 1. The van der Waals surface area contributed by atoms with E-state index in [2.05, 4.69) is 0 Å². The Bertz CT molecular complexity index is 387. The van der Waals surface area contributed by atoms with E-state index in [1.807, 2.05) is 6.07 Å². The molecule has 16 heavy (non-hydrogen) atoms. The standard InChI is InChI=1S/C14H17FO/c1-16-14(11-6-3-2-4-7-11)12-8-5-9-13(15)10-12/h5,8-10H,2-4,6-7H2,1H3. The zero-order valence-electron chi connectivity index (χ0n) is 9.63. The smallest absolute Gasteiger partial charge is 0.125 e. The van der Waals surface area contributed by atoms with Crippen LogP contribution in [0.15, 0.2) is 29.8 Å². The molecule has 1 nitrogen and oxygen atoms in total. The number of allylic oxidation sites excluding steroid dienone is 1. The monoisotopic (exact) mass is 220 g/mol. The molecule has 86 valence electrons. The second-order valence-electron chi connectivity index (χ2n) is 4.21. The third-order valence-corrected chi connectivity index (χ3v) is 3.07. The summed E-state index contributed by atoms with van der Waals surface area (Å²) in [5.41, 5.74) is 2.19. The molecule has 0 saturated heterocycles. The van der Waals surface area contributed by atoms with E-state index < -0.39 is 0 Å². The van der Waals surface area contributed by atoms with Crippen molar-refractivity contribution in [2.24, 2.45) is 0 Å². The van der Waals surface area contributed by atoms with Crippen molar-refractivity contribution >= 4 is 5.76 Å². The quantitative estimate of drug-likeness (QED) is 0.680. The second kappa shape index (κ2) is 5.15. The first-order chi connectivity index (χ1) is 7.81. The molecule has 1 aliphatic carbocycles. The van der Waals surface area contributed by atoms with Gasteiger partial charge >= 0.3 is 0 Å². The molecule has 0 radical (unpaired) electrons. The summed E-state index contributed by atoms with van der Waals surface area (Å²) in [5, 5.41) is 0. The van der Waals surface area contributed by atoms with Crippen LogP contribution in [0.25, 0.3) is 5.76 Å². The van der Waals surface area contributed by atoms with Crippen molar-refractivity contribution in [1.29, 1.82) is 0 Å². The van der Waals surface area contributed by atoms with E-state index in [0.29, 0.717) is 0 Å². The van der Waals surface area contributed by atoms with E-state index in [1.54, 1.807) is 19.2 Å². The Morgan fingerprint density at radius 2 is 1.94 bits per heavy atom. The Morgan fingerprint density at radius 3 is 2.56 bits per heavy atom. The molecule has 2 rings (SSSR count). The fourth-order valence-corrected chi connectivity index (χ4v) is 2.30. The van der Waals surface area contributed by atoms with Gasteiger partial charge in [-0.05, 0) is 43.4 Å². The van der Waals surface area contributed by atoms with Gasteiger partial charge in [-0.1, -0.05) is 18.6 Å². The maximum absolute atomic E-state index is 13.2. The predicted octanol–water partition coefficient (Wildman–Crippen LogP) is 4.15. The van der Waals surface area contributed by atoms with Crippen molar-refractivity contribution in [3.8, 4) is 0 Å². The number of rotatable bonds is 2. The molecule has 0 atom stereocenters. The van der Waals surface area contributed by atoms with Crippen LogP contribution in [0.5, 0.6) is 0 Å². The molecule has 0 amide bonds. The fourth-order valence-electron chi connectivity index (χ4n) is 2.30.